The summed E-state index contributed by atoms with van der Waals surface area (Å²) in [6, 6.07) is 3.97. The van der Waals surface area contributed by atoms with Crippen LogP contribution in [0.1, 0.15) is 38.7 Å². The van der Waals surface area contributed by atoms with Crippen LogP contribution >= 0.6 is 0 Å². The SMILES string of the molecule is CC(C)(CNC(=O)C1CCCCN1)c1cccnc1. The molecule has 19 heavy (non-hydrogen) atoms. The molecule has 104 valence electrons. The summed E-state index contributed by atoms with van der Waals surface area (Å²) >= 11 is 0. The Balaban J connectivity index is 1.88. The van der Waals surface area contributed by atoms with Crippen molar-refractivity contribution >= 4 is 5.91 Å². The normalized spacial score (nSPS) is 20.0. The van der Waals surface area contributed by atoms with Crippen LogP contribution in [0.3, 0.4) is 0 Å². The second kappa shape index (κ2) is 6.15. The first kappa shape index (κ1) is 14.0. The molecule has 0 bridgehead atoms. The molecule has 1 aliphatic rings. The maximum absolute atomic E-state index is 12.1. The maximum atomic E-state index is 12.1. The van der Waals surface area contributed by atoms with Crippen molar-refractivity contribution in [2.24, 2.45) is 0 Å². The summed E-state index contributed by atoms with van der Waals surface area (Å²) in [7, 11) is 0. The average molecular weight is 261 g/mol. The van der Waals surface area contributed by atoms with Crippen LogP contribution in [0.2, 0.25) is 0 Å². The van der Waals surface area contributed by atoms with Crippen LogP contribution in [0.4, 0.5) is 0 Å². The van der Waals surface area contributed by atoms with Crippen LogP contribution in [0.15, 0.2) is 24.5 Å². The molecule has 2 N–H and O–H groups in total. The molecule has 1 saturated heterocycles. The standard InChI is InChI=1S/C15H23N3O/c1-15(2,12-6-5-8-16-10-12)11-18-14(19)13-7-3-4-9-17-13/h5-6,8,10,13,17H,3-4,7,9,11H2,1-2H3,(H,18,19). The minimum Gasteiger partial charge on any atom is -0.354 e. The van der Waals surface area contributed by atoms with Gasteiger partial charge in [-0.2, -0.15) is 0 Å². The van der Waals surface area contributed by atoms with Gasteiger partial charge in [-0.05, 0) is 31.0 Å². The zero-order valence-corrected chi connectivity index (χ0v) is 11.8. The highest BCUT2D eigenvalue weighted by Crippen LogP contribution is 2.21. The van der Waals surface area contributed by atoms with Crippen molar-refractivity contribution in [1.29, 1.82) is 0 Å². The van der Waals surface area contributed by atoms with Crippen molar-refractivity contribution in [1.82, 2.24) is 15.6 Å². The summed E-state index contributed by atoms with van der Waals surface area (Å²) in [5.41, 5.74) is 1.05. The van der Waals surface area contributed by atoms with E-state index in [1.165, 1.54) is 6.42 Å². The Bertz CT molecular complexity index is 411. The van der Waals surface area contributed by atoms with Gasteiger partial charge in [0.1, 0.15) is 0 Å². The molecule has 0 saturated carbocycles. The lowest BCUT2D eigenvalue weighted by molar-refractivity contribution is -0.123. The van der Waals surface area contributed by atoms with Crippen molar-refractivity contribution in [2.45, 2.75) is 44.6 Å². The van der Waals surface area contributed by atoms with Crippen molar-refractivity contribution < 1.29 is 4.79 Å². The van der Waals surface area contributed by atoms with E-state index in [1.54, 1.807) is 6.20 Å². The van der Waals surface area contributed by atoms with E-state index in [-0.39, 0.29) is 17.4 Å². The lowest BCUT2D eigenvalue weighted by Gasteiger charge is -2.28. The third kappa shape index (κ3) is 3.77. The van der Waals surface area contributed by atoms with E-state index < -0.39 is 0 Å². The number of amides is 1. The van der Waals surface area contributed by atoms with Gasteiger partial charge in [0.15, 0.2) is 0 Å². The van der Waals surface area contributed by atoms with Crippen LogP contribution < -0.4 is 10.6 Å². The van der Waals surface area contributed by atoms with E-state index >= 15 is 0 Å². The van der Waals surface area contributed by atoms with Gasteiger partial charge in [0.05, 0.1) is 6.04 Å². The second-order valence-electron chi connectivity index (χ2n) is 5.85. The topological polar surface area (TPSA) is 54.0 Å². The Morgan fingerprint density at radius 2 is 2.37 bits per heavy atom. The predicted octanol–water partition coefficient (Wildman–Crippen LogP) is 1.62. The van der Waals surface area contributed by atoms with E-state index in [0.717, 1.165) is 24.9 Å². The zero-order valence-electron chi connectivity index (χ0n) is 11.8. The van der Waals surface area contributed by atoms with Crippen molar-refractivity contribution in [2.75, 3.05) is 13.1 Å². The minimum atomic E-state index is -0.0986. The monoisotopic (exact) mass is 261 g/mol. The number of piperidine rings is 1. The largest absolute Gasteiger partial charge is 0.354 e. The van der Waals surface area contributed by atoms with E-state index in [1.807, 2.05) is 12.3 Å². The van der Waals surface area contributed by atoms with Crippen molar-refractivity contribution in [3.8, 4) is 0 Å². The van der Waals surface area contributed by atoms with Gasteiger partial charge < -0.3 is 10.6 Å². The first-order valence-electron chi connectivity index (χ1n) is 7.01. The molecule has 1 fully saturated rings. The van der Waals surface area contributed by atoms with Gasteiger partial charge in [0, 0.05) is 24.4 Å². The number of pyridine rings is 1. The quantitative estimate of drug-likeness (QED) is 0.866. The number of rotatable bonds is 4. The lowest BCUT2D eigenvalue weighted by atomic mass is 9.85. The fraction of sp³-hybridized carbons (Fsp3) is 0.600. The van der Waals surface area contributed by atoms with Gasteiger partial charge in [-0.3, -0.25) is 9.78 Å². The number of hydrogen-bond acceptors (Lipinski definition) is 3. The summed E-state index contributed by atoms with van der Waals surface area (Å²) in [4.78, 5) is 16.2. The maximum Gasteiger partial charge on any atom is 0.237 e. The van der Waals surface area contributed by atoms with Crippen LogP contribution in [-0.2, 0) is 10.2 Å². The number of aromatic nitrogens is 1. The Labute approximate surface area is 115 Å². The number of nitrogens with one attached hydrogen (secondary N) is 2. The average Bonchev–Trinajstić information content (AvgIpc) is 2.47. The van der Waals surface area contributed by atoms with E-state index in [4.69, 9.17) is 0 Å². The molecular formula is C15H23N3O. The Kier molecular flexibility index (Phi) is 4.53. The number of nitrogens with zero attached hydrogens (tertiary/aromatic N) is 1. The van der Waals surface area contributed by atoms with E-state index in [0.29, 0.717) is 6.54 Å². The number of carbonyl (C=O) groups is 1. The fourth-order valence-electron chi connectivity index (χ4n) is 2.37. The van der Waals surface area contributed by atoms with Crippen LogP contribution in [-0.4, -0.2) is 30.0 Å². The summed E-state index contributed by atoms with van der Waals surface area (Å²) in [5, 5.41) is 6.33. The highest BCUT2D eigenvalue weighted by Gasteiger charge is 2.25. The molecule has 0 radical (unpaired) electrons. The van der Waals surface area contributed by atoms with E-state index in [9.17, 15) is 4.79 Å². The molecule has 1 atom stereocenters. The summed E-state index contributed by atoms with van der Waals surface area (Å²) in [6.07, 6.45) is 6.89. The molecule has 0 aliphatic carbocycles. The molecule has 1 aromatic rings. The van der Waals surface area contributed by atoms with Crippen molar-refractivity contribution in [3.05, 3.63) is 30.1 Å². The minimum absolute atomic E-state index is 0.0153. The van der Waals surface area contributed by atoms with E-state index in [2.05, 4.69) is 35.5 Å². The molecular weight excluding hydrogens is 238 g/mol. The summed E-state index contributed by atoms with van der Waals surface area (Å²) in [5.74, 6) is 0.122. The smallest absolute Gasteiger partial charge is 0.237 e. The molecule has 1 unspecified atom stereocenters. The Morgan fingerprint density at radius 3 is 3.00 bits per heavy atom. The molecule has 0 aromatic carbocycles. The van der Waals surface area contributed by atoms with Gasteiger partial charge in [-0.1, -0.05) is 26.3 Å². The third-order valence-corrected chi connectivity index (χ3v) is 3.77. The molecule has 0 spiro atoms. The highest BCUT2D eigenvalue weighted by molar-refractivity contribution is 5.81. The van der Waals surface area contributed by atoms with Gasteiger partial charge in [0.25, 0.3) is 0 Å². The van der Waals surface area contributed by atoms with Crippen LogP contribution in [0.25, 0.3) is 0 Å². The van der Waals surface area contributed by atoms with Gasteiger partial charge in [-0.15, -0.1) is 0 Å². The molecule has 4 heteroatoms. The summed E-state index contributed by atoms with van der Waals surface area (Å²) in [6.45, 7) is 5.83. The van der Waals surface area contributed by atoms with Gasteiger partial charge >= 0.3 is 0 Å². The van der Waals surface area contributed by atoms with Gasteiger partial charge in [0.2, 0.25) is 5.91 Å². The molecule has 2 rings (SSSR count). The third-order valence-electron chi connectivity index (χ3n) is 3.77. The molecule has 4 nitrogen and oxygen atoms in total. The number of hydrogen-bond donors (Lipinski definition) is 2. The molecule has 1 aromatic heterocycles. The lowest BCUT2D eigenvalue weighted by Crippen LogP contribution is -2.49. The zero-order chi connectivity index (χ0) is 13.7. The number of carbonyl (C=O) groups excluding carboxylic acids is 1. The molecule has 1 amide bonds. The predicted molar refractivity (Wildman–Crippen MR) is 75.9 cm³/mol. The van der Waals surface area contributed by atoms with Crippen molar-refractivity contribution in [3.63, 3.8) is 0 Å². The molecule has 1 aliphatic heterocycles. The Morgan fingerprint density at radius 1 is 1.53 bits per heavy atom. The van der Waals surface area contributed by atoms with Crippen LogP contribution in [0, 0.1) is 0 Å². The fourth-order valence-corrected chi connectivity index (χ4v) is 2.37. The second-order valence-corrected chi connectivity index (χ2v) is 5.85. The van der Waals surface area contributed by atoms with Gasteiger partial charge in [-0.25, -0.2) is 0 Å². The first-order valence-corrected chi connectivity index (χ1v) is 7.01. The molecule has 2 heterocycles. The highest BCUT2D eigenvalue weighted by atomic mass is 16.2. The summed E-state index contributed by atoms with van der Waals surface area (Å²) < 4.78 is 0. The van der Waals surface area contributed by atoms with Crippen LogP contribution in [0.5, 0.6) is 0 Å². The Hall–Kier alpha value is -1.42. The first-order chi connectivity index (χ1) is 9.09.